The Kier molecular flexibility index (Phi) is 5.01. The number of hydrogen-bond acceptors (Lipinski definition) is 2. The summed E-state index contributed by atoms with van der Waals surface area (Å²) >= 11 is 11.9. The lowest BCUT2D eigenvalue weighted by molar-refractivity contribution is 0.0951. The van der Waals surface area contributed by atoms with Gasteiger partial charge in [0.25, 0.3) is 5.91 Å². The summed E-state index contributed by atoms with van der Waals surface area (Å²) in [6.07, 6.45) is 0. The van der Waals surface area contributed by atoms with E-state index in [0.29, 0.717) is 23.7 Å². The molecule has 0 atom stereocenters. The third-order valence-electron chi connectivity index (χ3n) is 2.97. The van der Waals surface area contributed by atoms with Gasteiger partial charge in [0.1, 0.15) is 0 Å². The predicted molar refractivity (Wildman–Crippen MR) is 82.0 cm³/mol. The van der Waals surface area contributed by atoms with E-state index in [4.69, 9.17) is 28.9 Å². The maximum absolute atomic E-state index is 12.1. The smallest absolute Gasteiger partial charge is 0.253 e. The molecule has 2 aromatic rings. The van der Waals surface area contributed by atoms with Crippen LogP contribution in [0.5, 0.6) is 0 Å². The second-order valence-corrected chi connectivity index (χ2v) is 5.04. The summed E-state index contributed by atoms with van der Waals surface area (Å²) < 4.78 is 0. The van der Waals surface area contributed by atoms with E-state index in [1.807, 2.05) is 24.3 Å². The summed E-state index contributed by atoms with van der Waals surface area (Å²) in [5.41, 5.74) is 8.02. The van der Waals surface area contributed by atoms with E-state index < -0.39 is 0 Å². The van der Waals surface area contributed by atoms with E-state index in [9.17, 15) is 4.79 Å². The molecule has 5 heteroatoms. The van der Waals surface area contributed by atoms with E-state index in [2.05, 4.69) is 5.32 Å². The van der Waals surface area contributed by atoms with Crippen LogP contribution in [0.1, 0.15) is 21.5 Å². The molecule has 0 spiro atoms. The van der Waals surface area contributed by atoms with Gasteiger partial charge in [0, 0.05) is 13.1 Å². The Bertz CT molecular complexity index is 629. The molecule has 0 radical (unpaired) electrons. The number of amides is 1. The Morgan fingerprint density at radius 3 is 2.45 bits per heavy atom. The van der Waals surface area contributed by atoms with Crippen molar-refractivity contribution < 1.29 is 4.79 Å². The first-order chi connectivity index (χ1) is 9.63. The summed E-state index contributed by atoms with van der Waals surface area (Å²) in [5, 5.41) is 3.45. The Labute approximate surface area is 127 Å². The molecule has 3 nitrogen and oxygen atoms in total. The topological polar surface area (TPSA) is 55.1 Å². The van der Waals surface area contributed by atoms with Crippen molar-refractivity contribution in [3.05, 3.63) is 69.2 Å². The number of hydrogen-bond donors (Lipinski definition) is 2. The lowest BCUT2D eigenvalue weighted by atomic mass is 10.1. The van der Waals surface area contributed by atoms with Gasteiger partial charge < -0.3 is 11.1 Å². The highest BCUT2D eigenvalue weighted by atomic mass is 35.5. The van der Waals surface area contributed by atoms with Crippen molar-refractivity contribution in [2.45, 2.75) is 13.1 Å². The molecule has 2 rings (SSSR count). The third kappa shape index (κ3) is 3.31. The number of benzene rings is 2. The number of carbonyl (C=O) groups is 1. The van der Waals surface area contributed by atoms with Crippen LogP contribution in [0.25, 0.3) is 0 Å². The highest BCUT2D eigenvalue weighted by Gasteiger charge is 2.12. The molecule has 0 unspecified atom stereocenters. The summed E-state index contributed by atoms with van der Waals surface area (Å²) in [6.45, 7) is 0.832. The molecule has 20 heavy (non-hydrogen) atoms. The van der Waals surface area contributed by atoms with E-state index in [1.165, 1.54) is 0 Å². The number of carbonyl (C=O) groups excluding carboxylic acids is 1. The Morgan fingerprint density at radius 2 is 1.75 bits per heavy atom. The zero-order chi connectivity index (χ0) is 14.5. The number of rotatable bonds is 4. The first kappa shape index (κ1) is 14.9. The van der Waals surface area contributed by atoms with Gasteiger partial charge >= 0.3 is 0 Å². The molecule has 0 bridgehead atoms. The van der Waals surface area contributed by atoms with Crippen molar-refractivity contribution >= 4 is 29.1 Å². The first-order valence-electron chi connectivity index (χ1n) is 6.12. The SMILES string of the molecule is NCc1ccccc1CNC(=O)c1cccc(Cl)c1Cl. The van der Waals surface area contributed by atoms with Crippen LogP contribution >= 0.6 is 23.2 Å². The van der Waals surface area contributed by atoms with E-state index in [-0.39, 0.29) is 10.9 Å². The fraction of sp³-hybridized carbons (Fsp3) is 0.133. The van der Waals surface area contributed by atoms with E-state index in [1.54, 1.807) is 18.2 Å². The molecule has 0 fully saturated rings. The van der Waals surface area contributed by atoms with Crippen LogP contribution in [0.4, 0.5) is 0 Å². The lowest BCUT2D eigenvalue weighted by Crippen LogP contribution is -2.24. The normalized spacial score (nSPS) is 10.3. The van der Waals surface area contributed by atoms with Crippen molar-refractivity contribution in [3.8, 4) is 0 Å². The number of nitrogens with two attached hydrogens (primary N) is 1. The summed E-state index contributed by atoms with van der Waals surface area (Å²) in [4.78, 5) is 12.1. The lowest BCUT2D eigenvalue weighted by Gasteiger charge is -2.10. The highest BCUT2D eigenvalue weighted by Crippen LogP contribution is 2.25. The fourth-order valence-electron chi connectivity index (χ4n) is 1.88. The quantitative estimate of drug-likeness (QED) is 0.909. The van der Waals surface area contributed by atoms with Gasteiger partial charge in [0.05, 0.1) is 15.6 Å². The average Bonchev–Trinajstić information content (AvgIpc) is 2.48. The van der Waals surface area contributed by atoms with Crippen molar-refractivity contribution in [1.82, 2.24) is 5.32 Å². The average molecular weight is 309 g/mol. The largest absolute Gasteiger partial charge is 0.348 e. The third-order valence-corrected chi connectivity index (χ3v) is 3.79. The molecule has 0 aliphatic heterocycles. The minimum atomic E-state index is -0.260. The molecule has 0 heterocycles. The van der Waals surface area contributed by atoms with Crippen molar-refractivity contribution in [1.29, 1.82) is 0 Å². The molecule has 0 aromatic heterocycles. The zero-order valence-electron chi connectivity index (χ0n) is 10.7. The van der Waals surface area contributed by atoms with Gasteiger partial charge in [-0.3, -0.25) is 4.79 Å². The number of nitrogens with one attached hydrogen (secondary N) is 1. The molecule has 2 aromatic carbocycles. The van der Waals surface area contributed by atoms with Gasteiger partial charge in [-0.1, -0.05) is 53.5 Å². The van der Waals surface area contributed by atoms with Crippen LogP contribution in [0, 0.1) is 0 Å². The van der Waals surface area contributed by atoms with Gasteiger partial charge in [-0.25, -0.2) is 0 Å². The molecule has 1 amide bonds. The number of halogens is 2. The molecule has 0 saturated heterocycles. The minimum Gasteiger partial charge on any atom is -0.348 e. The second kappa shape index (κ2) is 6.75. The van der Waals surface area contributed by atoms with Gasteiger partial charge in [0.2, 0.25) is 0 Å². The van der Waals surface area contributed by atoms with Crippen molar-refractivity contribution in [2.24, 2.45) is 5.73 Å². The zero-order valence-corrected chi connectivity index (χ0v) is 12.2. The highest BCUT2D eigenvalue weighted by molar-refractivity contribution is 6.43. The van der Waals surface area contributed by atoms with Gasteiger partial charge in [-0.05, 0) is 23.3 Å². The molecule has 3 N–H and O–H groups in total. The van der Waals surface area contributed by atoms with Crippen LogP contribution in [-0.2, 0) is 13.1 Å². The molecule has 104 valence electrons. The molecule has 0 saturated carbocycles. The van der Waals surface area contributed by atoms with Crippen LogP contribution < -0.4 is 11.1 Å². The first-order valence-corrected chi connectivity index (χ1v) is 6.88. The minimum absolute atomic E-state index is 0.260. The van der Waals surface area contributed by atoms with E-state index >= 15 is 0 Å². The second-order valence-electron chi connectivity index (χ2n) is 4.26. The summed E-state index contributed by atoms with van der Waals surface area (Å²) in [5.74, 6) is -0.260. The fourth-order valence-corrected chi connectivity index (χ4v) is 2.27. The maximum atomic E-state index is 12.1. The standard InChI is InChI=1S/C15H14Cl2N2O/c16-13-7-3-6-12(14(13)17)15(20)19-9-11-5-2-1-4-10(11)8-18/h1-7H,8-9,18H2,(H,19,20). The molecular weight excluding hydrogens is 295 g/mol. The van der Waals surface area contributed by atoms with Gasteiger partial charge in [-0.2, -0.15) is 0 Å². The van der Waals surface area contributed by atoms with E-state index in [0.717, 1.165) is 11.1 Å². The van der Waals surface area contributed by atoms with Gasteiger partial charge in [-0.15, -0.1) is 0 Å². The molecule has 0 aliphatic carbocycles. The Balaban J connectivity index is 2.11. The molecule has 0 aliphatic rings. The Hall–Kier alpha value is -1.55. The van der Waals surface area contributed by atoms with Crippen LogP contribution in [0.15, 0.2) is 42.5 Å². The Morgan fingerprint density at radius 1 is 1.05 bits per heavy atom. The maximum Gasteiger partial charge on any atom is 0.253 e. The predicted octanol–water partition coefficient (Wildman–Crippen LogP) is 3.38. The van der Waals surface area contributed by atoms with Crippen LogP contribution in [0.2, 0.25) is 10.0 Å². The summed E-state index contributed by atoms with van der Waals surface area (Å²) in [7, 11) is 0. The molecular formula is C15H14Cl2N2O. The van der Waals surface area contributed by atoms with Gasteiger partial charge in [0.15, 0.2) is 0 Å². The summed E-state index contributed by atoms with van der Waals surface area (Å²) in [6, 6.07) is 12.7. The van der Waals surface area contributed by atoms with Crippen molar-refractivity contribution in [2.75, 3.05) is 0 Å². The van der Waals surface area contributed by atoms with Crippen LogP contribution in [0.3, 0.4) is 0 Å². The monoisotopic (exact) mass is 308 g/mol. The van der Waals surface area contributed by atoms with Crippen LogP contribution in [-0.4, -0.2) is 5.91 Å². The van der Waals surface area contributed by atoms with Crippen molar-refractivity contribution in [3.63, 3.8) is 0 Å².